The Morgan fingerprint density at radius 2 is 1.47 bits per heavy atom. The van der Waals surface area contributed by atoms with Gasteiger partial charge in [0.2, 0.25) is 0 Å². The van der Waals surface area contributed by atoms with Gasteiger partial charge in [0.05, 0.1) is 6.04 Å². The second-order valence-electron chi connectivity index (χ2n) is 3.93. The van der Waals surface area contributed by atoms with Crippen LogP contribution >= 0.6 is 15.9 Å². The lowest BCUT2D eigenvalue weighted by molar-refractivity contribution is 0.527. The van der Waals surface area contributed by atoms with Gasteiger partial charge in [-0.2, -0.15) is 0 Å². The summed E-state index contributed by atoms with van der Waals surface area (Å²) >= 11 is 2.92. The molecule has 0 saturated carbocycles. The molecule has 19 heavy (non-hydrogen) atoms. The lowest BCUT2D eigenvalue weighted by atomic mass is 9.98. The van der Waals surface area contributed by atoms with Gasteiger partial charge in [-0.25, -0.2) is 17.6 Å². The maximum Gasteiger partial charge on any atom is 0.132 e. The Morgan fingerprint density at radius 1 is 0.895 bits per heavy atom. The van der Waals surface area contributed by atoms with Crippen LogP contribution in [-0.2, 0) is 0 Å². The van der Waals surface area contributed by atoms with Crippen LogP contribution in [0.3, 0.4) is 0 Å². The highest BCUT2D eigenvalue weighted by molar-refractivity contribution is 9.10. The van der Waals surface area contributed by atoms with E-state index in [1.807, 2.05) is 0 Å². The van der Waals surface area contributed by atoms with Crippen molar-refractivity contribution in [3.8, 4) is 0 Å². The smallest absolute Gasteiger partial charge is 0.132 e. The highest BCUT2D eigenvalue weighted by Gasteiger charge is 2.22. The van der Waals surface area contributed by atoms with Crippen LogP contribution in [0.25, 0.3) is 0 Å². The fourth-order valence-electron chi connectivity index (χ4n) is 1.76. The zero-order valence-electron chi connectivity index (χ0n) is 9.43. The normalized spacial score (nSPS) is 12.5. The Morgan fingerprint density at radius 3 is 2.05 bits per heavy atom. The topological polar surface area (TPSA) is 26.0 Å². The zero-order chi connectivity index (χ0) is 14.2. The predicted molar refractivity (Wildman–Crippen MR) is 66.4 cm³/mol. The van der Waals surface area contributed by atoms with E-state index in [9.17, 15) is 17.6 Å². The summed E-state index contributed by atoms with van der Waals surface area (Å²) in [7, 11) is 0. The van der Waals surface area contributed by atoms with Crippen molar-refractivity contribution in [1.82, 2.24) is 0 Å². The quantitative estimate of drug-likeness (QED) is 0.824. The molecule has 0 aliphatic heterocycles. The van der Waals surface area contributed by atoms with Crippen molar-refractivity contribution in [2.45, 2.75) is 6.04 Å². The van der Waals surface area contributed by atoms with Crippen LogP contribution in [0.2, 0.25) is 0 Å². The van der Waals surface area contributed by atoms with E-state index in [0.29, 0.717) is 0 Å². The highest BCUT2D eigenvalue weighted by atomic mass is 79.9. The van der Waals surface area contributed by atoms with Gasteiger partial charge in [0.25, 0.3) is 0 Å². The van der Waals surface area contributed by atoms with Crippen molar-refractivity contribution >= 4 is 15.9 Å². The number of hydrogen-bond donors (Lipinski definition) is 1. The van der Waals surface area contributed by atoms with Crippen molar-refractivity contribution in [2.75, 3.05) is 0 Å². The highest BCUT2D eigenvalue weighted by Crippen LogP contribution is 2.29. The Labute approximate surface area is 115 Å². The Balaban J connectivity index is 2.56. The van der Waals surface area contributed by atoms with Crippen LogP contribution in [0.4, 0.5) is 17.6 Å². The largest absolute Gasteiger partial charge is 0.320 e. The number of nitrogens with two attached hydrogens (primary N) is 1. The molecule has 0 heterocycles. The first-order valence-corrected chi connectivity index (χ1v) is 6.04. The van der Waals surface area contributed by atoms with Gasteiger partial charge in [0.15, 0.2) is 0 Å². The van der Waals surface area contributed by atoms with Crippen molar-refractivity contribution < 1.29 is 17.6 Å². The molecular weight excluding hydrogens is 326 g/mol. The van der Waals surface area contributed by atoms with Crippen LogP contribution in [0.1, 0.15) is 17.2 Å². The maximum absolute atomic E-state index is 13.7. The molecule has 2 N–H and O–H groups in total. The van der Waals surface area contributed by atoms with Gasteiger partial charge in [-0.3, -0.25) is 0 Å². The third-order valence-corrected chi connectivity index (χ3v) is 3.11. The molecule has 2 aromatic rings. The maximum atomic E-state index is 13.7. The van der Waals surface area contributed by atoms with Crippen molar-refractivity contribution in [3.63, 3.8) is 0 Å². The summed E-state index contributed by atoms with van der Waals surface area (Å²) in [5, 5.41) is 0. The van der Waals surface area contributed by atoms with E-state index in [-0.39, 0.29) is 10.0 Å². The lowest BCUT2D eigenvalue weighted by Gasteiger charge is -2.15. The molecule has 100 valence electrons. The summed E-state index contributed by atoms with van der Waals surface area (Å²) in [6.45, 7) is 0. The molecule has 0 amide bonds. The fraction of sp³-hybridized carbons (Fsp3) is 0.0769. The van der Waals surface area contributed by atoms with Crippen LogP contribution < -0.4 is 5.73 Å². The SMILES string of the molecule is NC(c1cc(F)ccc1F)c1c(F)cc(Br)cc1F. The van der Waals surface area contributed by atoms with Crippen molar-refractivity contribution in [1.29, 1.82) is 0 Å². The summed E-state index contributed by atoms with van der Waals surface area (Å²) < 4.78 is 54.2. The average molecular weight is 334 g/mol. The second kappa shape index (κ2) is 5.30. The number of halogens is 5. The van der Waals surface area contributed by atoms with E-state index in [4.69, 9.17) is 5.73 Å². The minimum atomic E-state index is -1.43. The molecule has 0 bridgehead atoms. The molecule has 0 aliphatic rings. The molecule has 2 rings (SSSR count). The van der Waals surface area contributed by atoms with Gasteiger partial charge in [-0.05, 0) is 30.3 Å². The summed E-state index contributed by atoms with van der Waals surface area (Å²) in [4.78, 5) is 0. The third-order valence-electron chi connectivity index (χ3n) is 2.65. The zero-order valence-corrected chi connectivity index (χ0v) is 11.0. The predicted octanol–water partition coefficient (Wildman–Crippen LogP) is 4.05. The van der Waals surface area contributed by atoms with E-state index in [0.717, 1.165) is 30.3 Å². The Hall–Kier alpha value is -1.40. The minimum Gasteiger partial charge on any atom is -0.320 e. The second-order valence-corrected chi connectivity index (χ2v) is 4.84. The Bertz CT molecular complexity index is 607. The standard InChI is InChI=1S/C13H8BrF4N/c14-6-3-10(17)12(11(18)4-6)13(19)8-5-7(15)1-2-9(8)16/h1-5,13H,19H2. The average Bonchev–Trinajstić information content (AvgIpc) is 2.30. The molecule has 0 aliphatic carbocycles. The molecule has 1 unspecified atom stereocenters. The number of rotatable bonds is 2. The van der Waals surface area contributed by atoms with Crippen molar-refractivity contribution in [3.05, 3.63) is 69.2 Å². The third kappa shape index (κ3) is 2.79. The molecule has 0 aromatic heterocycles. The van der Waals surface area contributed by atoms with Crippen LogP contribution in [0.5, 0.6) is 0 Å². The summed E-state index contributed by atoms with van der Waals surface area (Å²) in [6, 6.07) is 3.18. The van der Waals surface area contributed by atoms with Crippen LogP contribution in [-0.4, -0.2) is 0 Å². The lowest BCUT2D eigenvalue weighted by Crippen LogP contribution is -2.17. The molecule has 6 heteroatoms. The van der Waals surface area contributed by atoms with Gasteiger partial charge < -0.3 is 5.73 Å². The summed E-state index contributed by atoms with van der Waals surface area (Å²) in [5.41, 5.74) is 4.82. The first kappa shape index (κ1) is 14.0. The Kier molecular flexibility index (Phi) is 3.91. The van der Waals surface area contributed by atoms with Crippen LogP contribution in [0.15, 0.2) is 34.8 Å². The molecule has 0 radical (unpaired) electrons. The van der Waals surface area contributed by atoms with E-state index in [1.165, 1.54) is 0 Å². The minimum absolute atomic E-state index is 0.193. The first-order chi connectivity index (χ1) is 8.90. The molecule has 0 spiro atoms. The van der Waals surface area contributed by atoms with Gasteiger partial charge in [-0.1, -0.05) is 15.9 Å². The van der Waals surface area contributed by atoms with Gasteiger partial charge in [-0.15, -0.1) is 0 Å². The molecule has 2 aromatic carbocycles. The molecule has 0 fully saturated rings. The number of benzene rings is 2. The van der Waals surface area contributed by atoms with Gasteiger partial charge in [0.1, 0.15) is 23.3 Å². The first-order valence-electron chi connectivity index (χ1n) is 5.25. The summed E-state index contributed by atoms with van der Waals surface area (Å²) in [5.74, 6) is -3.41. The number of hydrogen-bond acceptors (Lipinski definition) is 1. The molecule has 1 atom stereocenters. The fourth-order valence-corrected chi connectivity index (χ4v) is 2.16. The molecular formula is C13H8BrF4N. The van der Waals surface area contributed by atoms with Crippen LogP contribution in [0, 0.1) is 23.3 Å². The molecule has 1 nitrogen and oxygen atoms in total. The molecule has 0 saturated heterocycles. The summed E-state index contributed by atoms with van der Waals surface area (Å²) in [6.07, 6.45) is 0. The van der Waals surface area contributed by atoms with E-state index in [1.54, 1.807) is 0 Å². The van der Waals surface area contributed by atoms with E-state index < -0.39 is 34.9 Å². The van der Waals surface area contributed by atoms with E-state index in [2.05, 4.69) is 15.9 Å². The van der Waals surface area contributed by atoms with Gasteiger partial charge in [0, 0.05) is 15.6 Å². The van der Waals surface area contributed by atoms with Gasteiger partial charge >= 0.3 is 0 Å². The monoisotopic (exact) mass is 333 g/mol. The van der Waals surface area contributed by atoms with E-state index >= 15 is 0 Å². The van der Waals surface area contributed by atoms with Crippen molar-refractivity contribution in [2.24, 2.45) is 5.73 Å².